The van der Waals surface area contributed by atoms with E-state index in [1.165, 1.54) is 39.8 Å². The lowest BCUT2D eigenvalue weighted by atomic mass is 9.79. The van der Waals surface area contributed by atoms with Gasteiger partial charge in [-0.25, -0.2) is 0 Å². The third kappa shape index (κ3) is 4.80. The fourth-order valence-electron chi connectivity index (χ4n) is 5.10. The number of rotatable bonds is 6. The van der Waals surface area contributed by atoms with E-state index in [1.807, 2.05) is 0 Å². The van der Waals surface area contributed by atoms with Gasteiger partial charge in [0.25, 0.3) is 0 Å². The maximum absolute atomic E-state index is 6.33. The molecule has 0 amide bonds. The van der Waals surface area contributed by atoms with Gasteiger partial charge in [-0.05, 0) is 89.9 Å². The molecule has 1 heterocycles. The molecule has 172 valence electrons. The van der Waals surface area contributed by atoms with Crippen LogP contribution >= 0.6 is 12.4 Å². The average Bonchev–Trinajstić information content (AvgIpc) is 3.31. The van der Waals surface area contributed by atoms with Crippen molar-refractivity contribution in [2.24, 2.45) is 0 Å². The third-order valence-corrected chi connectivity index (χ3v) is 6.78. The molecule has 4 heteroatoms. The number of benzene rings is 3. The molecule has 3 nitrogen and oxygen atoms in total. The Morgan fingerprint density at radius 1 is 0.879 bits per heavy atom. The van der Waals surface area contributed by atoms with Gasteiger partial charge in [-0.1, -0.05) is 55.5 Å². The Kier molecular flexibility index (Phi) is 7.42. The minimum atomic E-state index is 0. The number of likely N-dealkylation sites (tertiary alicyclic amines) is 1. The second kappa shape index (κ2) is 10.5. The summed E-state index contributed by atoms with van der Waals surface area (Å²) in [6, 6.07) is 26.0. The molecule has 0 bridgehead atoms. The van der Waals surface area contributed by atoms with Gasteiger partial charge in [-0.2, -0.15) is 0 Å². The van der Waals surface area contributed by atoms with Crippen LogP contribution in [0.3, 0.4) is 0 Å². The van der Waals surface area contributed by atoms with E-state index in [0.29, 0.717) is 0 Å². The molecule has 1 atom stereocenters. The molecule has 1 aliphatic carbocycles. The van der Waals surface area contributed by atoms with Gasteiger partial charge in [0.05, 0.1) is 7.11 Å². The highest BCUT2D eigenvalue weighted by Gasteiger charge is 2.25. The summed E-state index contributed by atoms with van der Waals surface area (Å²) >= 11 is 0. The number of halogens is 1. The SMILES string of the molecule is CCN1CCCC1Oc1ccc(C2=C(c3ccccc3)CCc3cc(OC)ccc32)cc1.Cl. The van der Waals surface area contributed by atoms with Crippen molar-refractivity contribution >= 4 is 23.6 Å². The number of hydrogen-bond acceptors (Lipinski definition) is 3. The summed E-state index contributed by atoms with van der Waals surface area (Å²) in [4.78, 5) is 2.41. The molecule has 3 aromatic carbocycles. The second-order valence-corrected chi connectivity index (χ2v) is 8.61. The Labute approximate surface area is 203 Å². The topological polar surface area (TPSA) is 21.7 Å². The van der Waals surface area contributed by atoms with Crippen molar-refractivity contribution in [1.29, 1.82) is 0 Å². The van der Waals surface area contributed by atoms with Crippen LogP contribution in [0.25, 0.3) is 11.1 Å². The Balaban J connectivity index is 0.00000259. The van der Waals surface area contributed by atoms with Crippen LogP contribution in [0.2, 0.25) is 0 Å². The van der Waals surface area contributed by atoms with Crippen LogP contribution in [-0.2, 0) is 6.42 Å². The van der Waals surface area contributed by atoms with E-state index in [9.17, 15) is 0 Å². The first-order chi connectivity index (χ1) is 15.8. The summed E-state index contributed by atoms with van der Waals surface area (Å²) in [7, 11) is 1.74. The number of aryl methyl sites for hydroxylation is 1. The summed E-state index contributed by atoms with van der Waals surface area (Å²) in [5.41, 5.74) is 7.92. The molecular weight excluding hydrogens is 430 g/mol. The molecule has 1 saturated heterocycles. The summed E-state index contributed by atoms with van der Waals surface area (Å²) in [6.07, 6.45) is 4.56. The lowest BCUT2D eigenvalue weighted by Crippen LogP contribution is -2.33. The zero-order valence-electron chi connectivity index (χ0n) is 19.4. The normalized spacial score (nSPS) is 17.9. The van der Waals surface area contributed by atoms with Crippen molar-refractivity contribution in [2.75, 3.05) is 20.2 Å². The van der Waals surface area contributed by atoms with E-state index >= 15 is 0 Å². The van der Waals surface area contributed by atoms with Crippen LogP contribution < -0.4 is 9.47 Å². The Hall–Kier alpha value is -2.75. The monoisotopic (exact) mass is 461 g/mol. The van der Waals surface area contributed by atoms with E-state index in [1.54, 1.807) is 7.11 Å². The Morgan fingerprint density at radius 2 is 1.64 bits per heavy atom. The summed E-state index contributed by atoms with van der Waals surface area (Å²) in [5, 5.41) is 0. The number of methoxy groups -OCH3 is 1. The first kappa shape index (κ1) is 23.4. The minimum Gasteiger partial charge on any atom is -0.497 e. The van der Waals surface area contributed by atoms with Crippen LogP contribution in [0.1, 0.15) is 48.4 Å². The molecule has 0 spiro atoms. The zero-order valence-corrected chi connectivity index (χ0v) is 20.2. The van der Waals surface area contributed by atoms with Crippen molar-refractivity contribution in [1.82, 2.24) is 4.90 Å². The van der Waals surface area contributed by atoms with Crippen LogP contribution in [0.15, 0.2) is 72.8 Å². The summed E-state index contributed by atoms with van der Waals surface area (Å²) in [6.45, 7) is 4.38. The second-order valence-electron chi connectivity index (χ2n) is 8.61. The molecule has 3 aromatic rings. The molecule has 0 aromatic heterocycles. The van der Waals surface area contributed by atoms with Crippen molar-refractivity contribution in [3.63, 3.8) is 0 Å². The molecular formula is C29H32ClNO2. The standard InChI is InChI=1S/C29H31NO2.ClH/c1-3-30-19-7-10-28(30)32-24-14-11-22(12-15-24)29-26(21-8-5-4-6-9-21)17-13-23-20-25(31-2)16-18-27(23)29;/h4-6,8-9,11-12,14-16,18,20,28H,3,7,10,13,17,19H2,1-2H3;1H. The molecule has 0 N–H and O–H groups in total. The van der Waals surface area contributed by atoms with E-state index in [2.05, 4.69) is 84.6 Å². The molecule has 0 radical (unpaired) electrons. The van der Waals surface area contributed by atoms with Crippen LogP contribution in [0.4, 0.5) is 0 Å². The van der Waals surface area contributed by atoms with Gasteiger partial charge >= 0.3 is 0 Å². The van der Waals surface area contributed by atoms with Gasteiger partial charge in [0.1, 0.15) is 11.5 Å². The summed E-state index contributed by atoms with van der Waals surface area (Å²) < 4.78 is 11.8. The molecule has 33 heavy (non-hydrogen) atoms. The van der Waals surface area contributed by atoms with Gasteiger partial charge in [0.2, 0.25) is 0 Å². The fourth-order valence-corrected chi connectivity index (χ4v) is 5.10. The third-order valence-electron chi connectivity index (χ3n) is 6.78. The Morgan fingerprint density at radius 3 is 2.36 bits per heavy atom. The van der Waals surface area contributed by atoms with Gasteiger partial charge in [0.15, 0.2) is 6.23 Å². The molecule has 1 aliphatic heterocycles. The number of ether oxygens (including phenoxy) is 2. The molecule has 5 rings (SSSR count). The predicted octanol–water partition coefficient (Wildman–Crippen LogP) is 6.84. The van der Waals surface area contributed by atoms with Gasteiger partial charge in [-0.15, -0.1) is 12.4 Å². The summed E-state index contributed by atoms with van der Waals surface area (Å²) in [5.74, 6) is 1.87. The first-order valence-corrected chi connectivity index (χ1v) is 11.7. The largest absolute Gasteiger partial charge is 0.497 e. The van der Waals surface area contributed by atoms with E-state index in [4.69, 9.17) is 9.47 Å². The number of hydrogen-bond donors (Lipinski definition) is 0. The Bertz CT molecular complexity index is 1110. The van der Waals surface area contributed by atoms with Gasteiger partial charge in [-0.3, -0.25) is 4.90 Å². The maximum Gasteiger partial charge on any atom is 0.152 e. The highest BCUT2D eigenvalue weighted by Crippen LogP contribution is 2.42. The van der Waals surface area contributed by atoms with Gasteiger partial charge < -0.3 is 9.47 Å². The highest BCUT2D eigenvalue weighted by molar-refractivity contribution is 6.00. The van der Waals surface area contributed by atoms with E-state index in [-0.39, 0.29) is 18.6 Å². The highest BCUT2D eigenvalue weighted by atomic mass is 35.5. The number of allylic oxidation sites excluding steroid dienone is 1. The van der Waals surface area contributed by atoms with Crippen LogP contribution in [0, 0.1) is 0 Å². The minimum absolute atomic E-state index is 0. The van der Waals surface area contributed by atoms with Crippen molar-refractivity contribution in [3.8, 4) is 11.5 Å². The molecule has 0 saturated carbocycles. The average molecular weight is 462 g/mol. The number of nitrogens with zero attached hydrogens (tertiary/aromatic N) is 1. The number of fused-ring (bicyclic) bond motifs is 1. The van der Waals surface area contributed by atoms with E-state index in [0.717, 1.165) is 43.9 Å². The fraction of sp³-hybridized carbons (Fsp3) is 0.310. The molecule has 1 unspecified atom stereocenters. The lowest BCUT2D eigenvalue weighted by molar-refractivity contribution is 0.0650. The lowest BCUT2D eigenvalue weighted by Gasteiger charge is -2.26. The van der Waals surface area contributed by atoms with Crippen molar-refractivity contribution < 1.29 is 9.47 Å². The van der Waals surface area contributed by atoms with Crippen molar-refractivity contribution in [2.45, 2.75) is 38.8 Å². The van der Waals surface area contributed by atoms with Crippen LogP contribution in [0.5, 0.6) is 11.5 Å². The maximum atomic E-state index is 6.33. The first-order valence-electron chi connectivity index (χ1n) is 11.7. The van der Waals surface area contributed by atoms with E-state index < -0.39 is 0 Å². The van der Waals surface area contributed by atoms with Crippen molar-refractivity contribution in [3.05, 3.63) is 95.1 Å². The quantitative estimate of drug-likeness (QED) is 0.401. The van der Waals surface area contributed by atoms with Crippen LogP contribution in [-0.4, -0.2) is 31.3 Å². The predicted molar refractivity (Wildman–Crippen MR) is 138 cm³/mol. The molecule has 1 fully saturated rings. The molecule has 2 aliphatic rings. The zero-order chi connectivity index (χ0) is 21.9. The smallest absolute Gasteiger partial charge is 0.152 e. The van der Waals surface area contributed by atoms with Gasteiger partial charge in [0, 0.05) is 6.54 Å².